The third kappa shape index (κ3) is 8.27. The molecule has 6 aromatic rings. The van der Waals surface area contributed by atoms with E-state index in [2.05, 4.69) is 190 Å². The first-order valence-electron chi connectivity index (χ1n) is 18.3. The van der Waals surface area contributed by atoms with Crippen molar-refractivity contribution in [3.05, 3.63) is 177 Å². The lowest BCUT2D eigenvalue weighted by molar-refractivity contribution is 0.224. The monoisotopic (exact) mass is 706 g/mol. The highest BCUT2D eigenvalue weighted by Crippen LogP contribution is 2.38. The van der Waals surface area contributed by atoms with E-state index in [1.54, 1.807) is 0 Å². The number of para-hydroxylation sites is 3. The van der Waals surface area contributed by atoms with Crippen LogP contribution in [-0.4, -0.2) is 0 Å². The van der Waals surface area contributed by atoms with Crippen molar-refractivity contribution in [3.63, 3.8) is 0 Å². The normalized spacial score (nSPS) is 13.0. The molecule has 6 aromatic carbocycles. The van der Waals surface area contributed by atoms with Gasteiger partial charge in [0.25, 0.3) is 0 Å². The number of ether oxygens (including phenoxy) is 3. The van der Waals surface area contributed by atoms with Crippen molar-refractivity contribution >= 4 is 23.8 Å². The summed E-state index contributed by atoms with van der Waals surface area (Å²) in [6.45, 7) is 19.1. The maximum absolute atomic E-state index is 6.64. The van der Waals surface area contributed by atoms with Crippen LogP contribution in [0.4, 0.5) is 0 Å². The van der Waals surface area contributed by atoms with Crippen molar-refractivity contribution < 1.29 is 14.2 Å². The van der Waals surface area contributed by atoms with Gasteiger partial charge in [0.05, 0.1) is 0 Å². The molecule has 0 fully saturated rings. The van der Waals surface area contributed by atoms with Gasteiger partial charge in [0, 0.05) is 0 Å². The number of hydrogen-bond donors (Lipinski definition) is 0. The van der Waals surface area contributed by atoms with E-state index in [0.717, 1.165) is 67.3 Å². The molecule has 0 amide bonds. The molecule has 0 aromatic heterocycles. The molecule has 0 saturated heterocycles. The molecule has 0 saturated carbocycles. The quantitative estimate of drug-likeness (QED) is 0.119. The van der Waals surface area contributed by atoms with Gasteiger partial charge in [-0.05, 0) is 154 Å². The van der Waals surface area contributed by atoms with Crippen LogP contribution in [0.3, 0.4) is 0 Å². The van der Waals surface area contributed by atoms with E-state index in [-0.39, 0.29) is 18.3 Å². The Labute approximate surface area is 312 Å². The lowest BCUT2D eigenvalue weighted by atomic mass is 10.1. The third-order valence-electron chi connectivity index (χ3n) is 9.90. The summed E-state index contributed by atoms with van der Waals surface area (Å²) >= 11 is 0. The van der Waals surface area contributed by atoms with Crippen molar-refractivity contribution in [3.8, 4) is 17.2 Å². The second-order valence-corrected chi connectivity index (χ2v) is 16.3. The average molecular weight is 707 g/mol. The van der Waals surface area contributed by atoms with Crippen LogP contribution < -0.4 is 30.1 Å². The summed E-state index contributed by atoms with van der Waals surface area (Å²) in [4.78, 5) is 0. The van der Waals surface area contributed by atoms with E-state index in [0.29, 0.717) is 0 Å². The Kier molecular flexibility index (Phi) is 11.5. The molecule has 6 rings (SSSR count). The predicted molar refractivity (Wildman–Crippen MR) is 220 cm³/mol. The number of rotatable bonds is 12. The second-order valence-electron chi connectivity index (χ2n) is 14.1. The zero-order chi connectivity index (χ0) is 36.9. The molecule has 0 aliphatic carbocycles. The molecule has 4 heteroatoms. The molecule has 52 heavy (non-hydrogen) atoms. The highest BCUT2D eigenvalue weighted by atomic mass is 31.1. The maximum atomic E-state index is 6.64. The molecule has 0 N–H and O–H groups in total. The molecular weight excluding hydrogens is 655 g/mol. The minimum atomic E-state index is -0.951. The molecule has 0 aliphatic rings. The fourth-order valence-corrected chi connectivity index (χ4v) is 9.32. The zero-order valence-corrected chi connectivity index (χ0v) is 32.9. The summed E-state index contributed by atoms with van der Waals surface area (Å²) < 4.78 is 19.9. The fourth-order valence-electron chi connectivity index (χ4n) is 6.89. The highest BCUT2D eigenvalue weighted by Gasteiger charge is 2.22. The topological polar surface area (TPSA) is 27.7 Å². The molecule has 3 nitrogen and oxygen atoms in total. The van der Waals surface area contributed by atoms with Gasteiger partial charge in [-0.1, -0.05) is 109 Å². The molecule has 0 heterocycles. The van der Waals surface area contributed by atoms with Crippen LogP contribution in [0.2, 0.25) is 0 Å². The van der Waals surface area contributed by atoms with Gasteiger partial charge in [-0.25, -0.2) is 0 Å². The minimum Gasteiger partial charge on any atom is -0.485 e. The third-order valence-corrected chi connectivity index (χ3v) is 12.3. The van der Waals surface area contributed by atoms with Crippen molar-refractivity contribution in [1.82, 2.24) is 0 Å². The van der Waals surface area contributed by atoms with Crippen LogP contribution in [0.25, 0.3) is 0 Å². The first kappa shape index (κ1) is 36.9. The van der Waals surface area contributed by atoms with Crippen LogP contribution in [0.5, 0.6) is 17.2 Å². The van der Waals surface area contributed by atoms with E-state index >= 15 is 0 Å². The largest absolute Gasteiger partial charge is 0.485 e. The van der Waals surface area contributed by atoms with Crippen LogP contribution in [-0.2, 0) is 0 Å². The summed E-state index contributed by atoms with van der Waals surface area (Å²) in [5.41, 5.74) is 10.3. The molecule has 0 spiro atoms. The summed E-state index contributed by atoms with van der Waals surface area (Å²) in [7, 11) is -0.951. The van der Waals surface area contributed by atoms with Gasteiger partial charge in [-0.2, -0.15) is 0 Å². The van der Waals surface area contributed by atoms with Crippen molar-refractivity contribution in [1.29, 1.82) is 0 Å². The lowest BCUT2D eigenvalue weighted by Gasteiger charge is -2.25. The number of hydrogen-bond acceptors (Lipinski definition) is 3. The summed E-state index contributed by atoms with van der Waals surface area (Å²) in [5.74, 6) is 2.87. The van der Waals surface area contributed by atoms with Crippen LogP contribution in [0.15, 0.2) is 127 Å². The Morgan fingerprint density at radius 2 is 0.577 bits per heavy atom. The molecule has 0 bridgehead atoms. The molecule has 0 aliphatic heterocycles. The molecule has 266 valence electrons. The fraction of sp³-hybridized carbons (Fsp3) is 0.250. The maximum Gasteiger partial charge on any atom is 0.126 e. The summed E-state index contributed by atoms with van der Waals surface area (Å²) in [6, 6.07) is 45.9. The van der Waals surface area contributed by atoms with Crippen molar-refractivity contribution in [2.75, 3.05) is 0 Å². The van der Waals surface area contributed by atoms with E-state index in [4.69, 9.17) is 14.2 Å². The Balaban J connectivity index is 1.40. The van der Waals surface area contributed by atoms with E-state index in [1.807, 2.05) is 0 Å². The molecule has 3 atom stereocenters. The highest BCUT2D eigenvalue weighted by molar-refractivity contribution is 7.79. The summed E-state index contributed by atoms with van der Waals surface area (Å²) in [5, 5.41) is 3.81. The van der Waals surface area contributed by atoms with Gasteiger partial charge in [-0.15, -0.1) is 0 Å². The number of aryl methyl sites for hydroxylation is 6. The lowest BCUT2D eigenvalue weighted by Crippen LogP contribution is -2.23. The van der Waals surface area contributed by atoms with Gasteiger partial charge in [0.1, 0.15) is 35.6 Å². The first-order valence-corrected chi connectivity index (χ1v) is 19.6. The smallest absolute Gasteiger partial charge is 0.126 e. The Morgan fingerprint density at radius 3 is 0.827 bits per heavy atom. The van der Waals surface area contributed by atoms with E-state index in [9.17, 15) is 0 Å². The number of benzene rings is 6. The zero-order valence-electron chi connectivity index (χ0n) is 32.0. The van der Waals surface area contributed by atoms with Gasteiger partial charge in [0.15, 0.2) is 0 Å². The molecular formula is C48H51O3P. The van der Waals surface area contributed by atoms with Crippen molar-refractivity contribution in [2.24, 2.45) is 0 Å². The summed E-state index contributed by atoms with van der Waals surface area (Å²) in [6.07, 6.45) is -0.359. The van der Waals surface area contributed by atoms with Gasteiger partial charge in [-0.3, -0.25) is 0 Å². The second kappa shape index (κ2) is 16.2. The van der Waals surface area contributed by atoms with Gasteiger partial charge >= 0.3 is 0 Å². The Morgan fingerprint density at radius 1 is 0.346 bits per heavy atom. The van der Waals surface area contributed by atoms with E-state index in [1.165, 1.54) is 15.9 Å². The van der Waals surface area contributed by atoms with Crippen LogP contribution in [0, 0.1) is 41.5 Å². The molecule has 0 unspecified atom stereocenters. The van der Waals surface area contributed by atoms with Gasteiger partial charge < -0.3 is 14.2 Å². The van der Waals surface area contributed by atoms with Crippen molar-refractivity contribution in [2.45, 2.75) is 80.6 Å². The first-order chi connectivity index (χ1) is 25.0. The predicted octanol–water partition coefficient (Wildman–Crippen LogP) is 11.7. The standard InChI is InChI=1S/C48H51O3P/c1-31-16-10-17-32(2)46(31)49-37(7)40-22-13-25-43(28-40)52(44-26-14-23-41(29-44)38(8)50-47-33(3)18-11-19-34(47)4)45-27-15-24-42(30-45)39(9)51-48-35(5)20-12-21-36(48)6/h10-30,37-39H,1-9H3/t37-,38-,39-/m1/s1. The van der Waals surface area contributed by atoms with Crippen LogP contribution >= 0.6 is 7.92 Å². The molecule has 0 radical (unpaired) electrons. The average Bonchev–Trinajstić information content (AvgIpc) is 3.13. The van der Waals surface area contributed by atoms with E-state index < -0.39 is 7.92 Å². The Bertz CT molecular complexity index is 1860. The Hall–Kier alpha value is -4.85. The van der Waals surface area contributed by atoms with Crippen LogP contribution in [0.1, 0.15) is 89.2 Å². The van der Waals surface area contributed by atoms with Gasteiger partial charge in [0.2, 0.25) is 0 Å². The minimum absolute atomic E-state index is 0.120. The SMILES string of the molecule is Cc1cccc(C)c1O[C@H](C)c1cccc(P(c2cccc([C@@H](C)Oc3c(C)cccc3C)c2)c2cccc([C@@H](C)Oc3c(C)cccc3C)c2)c1.